The molecule has 0 fully saturated rings. The quantitative estimate of drug-likeness (QED) is 0.267. The van der Waals surface area contributed by atoms with Crippen LogP contribution in [0.3, 0.4) is 0 Å². The highest BCUT2D eigenvalue weighted by molar-refractivity contribution is 5.94. The normalized spacial score (nSPS) is 12.6. The Morgan fingerprint density at radius 2 is 1.16 bits per heavy atom. The molecule has 0 aliphatic carbocycles. The molecule has 0 N–H and O–H groups in total. The molecule has 0 bridgehead atoms. The van der Waals surface area contributed by atoms with E-state index in [1.807, 2.05) is 0 Å². The van der Waals surface area contributed by atoms with Crippen molar-refractivity contribution >= 4 is 23.5 Å². The molecule has 2 unspecified atom stereocenters. The molecule has 2 atom stereocenters. The molecule has 0 spiro atoms. The van der Waals surface area contributed by atoms with Crippen molar-refractivity contribution in [2.24, 2.45) is 0 Å². The summed E-state index contributed by atoms with van der Waals surface area (Å²) in [6.45, 7) is 10.1. The van der Waals surface area contributed by atoms with E-state index in [1.165, 1.54) is 13.8 Å². The number of carbonyl (C=O) groups is 4. The molecule has 0 amide bonds. The SMILES string of the molecule is C=CC(CCOC(=O)CC(C)=O)OC(C=C)CCOC(=O)CC(C)=O. The Hall–Kier alpha value is -2.28. The van der Waals surface area contributed by atoms with Crippen LogP contribution in [0, 0.1) is 0 Å². The number of Topliss-reactive ketones (excluding diaryl/α,β-unsaturated/α-hetero) is 2. The lowest BCUT2D eigenvalue weighted by Crippen LogP contribution is -2.23. The van der Waals surface area contributed by atoms with Gasteiger partial charge in [-0.1, -0.05) is 12.2 Å². The van der Waals surface area contributed by atoms with Crippen LogP contribution in [-0.4, -0.2) is 48.9 Å². The van der Waals surface area contributed by atoms with Gasteiger partial charge >= 0.3 is 11.9 Å². The predicted molar refractivity (Wildman–Crippen MR) is 90.8 cm³/mol. The standard InChI is InChI=1S/C18H26O7/c1-5-15(7-9-23-17(21)11-13(3)19)25-16(6-2)8-10-24-18(22)12-14(4)20/h5-6,15-16H,1-2,7-12H2,3-4H3. The van der Waals surface area contributed by atoms with Crippen LogP contribution in [0.5, 0.6) is 0 Å². The minimum absolute atomic E-state index is 0.0975. The molecule has 0 aliphatic heterocycles. The second-order valence-corrected chi connectivity index (χ2v) is 5.46. The molecule has 7 heteroatoms. The van der Waals surface area contributed by atoms with E-state index in [1.54, 1.807) is 12.2 Å². The van der Waals surface area contributed by atoms with Crippen molar-refractivity contribution in [2.75, 3.05) is 13.2 Å². The van der Waals surface area contributed by atoms with Gasteiger partial charge in [-0.3, -0.25) is 19.2 Å². The number of ether oxygens (including phenoxy) is 3. The smallest absolute Gasteiger partial charge is 0.313 e. The lowest BCUT2D eigenvalue weighted by molar-refractivity contribution is -0.147. The van der Waals surface area contributed by atoms with Crippen molar-refractivity contribution < 1.29 is 33.4 Å². The van der Waals surface area contributed by atoms with Gasteiger partial charge in [0.25, 0.3) is 0 Å². The fourth-order valence-corrected chi connectivity index (χ4v) is 1.79. The summed E-state index contributed by atoms with van der Waals surface area (Å²) in [7, 11) is 0. The van der Waals surface area contributed by atoms with E-state index in [0.29, 0.717) is 12.8 Å². The summed E-state index contributed by atoms with van der Waals surface area (Å²) >= 11 is 0. The van der Waals surface area contributed by atoms with Crippen molar-refractivity contribution in [1.29, 1.82) is 0 Å². The van der Waals surface area contributed by atoms with E-state index in [9.17, 15) is 19.2 Å². The third-order valence-corrected chi connectivity index (χ3v) is 2.99. The molecular weight excluding hydrogens is 328 g/mol. The monoisotopic (exact) mass is 354 g/mol. The fraction of sp³-hybridized carbons (Fsp3) is 0.556. The maximum Gasteiger partial charge on any atom is 0.313 e. The van der Waals surface area contributed by atoms with Gasteiger partial charge in [-0.2, -0.15) is 0 Å². The van der Waals surface area contributed by atoms with Crippen LogP contribution in [-0.2, 0) is 33.4 Å². The van der Waals surface area contributed by atoms with Gasteiger partial charge in [0.15, 0.2) is 0 Å². The highest BCUT2D eigenvalue weighted by Crippen LogP contribution is 2.10. The van der Waals surface area contributed by atoms with Crippen LogP contribution in [0.25, 0.3) is 0 Å². The zero-order valence-electron chi connectivity index (χ0n) is 14.8. The highest BCUT2D eigenvalue weighted by atomic mass is 16.5. The van der Waals surface area contributed by atoms with Gasteiger partial charge in [0.2, 0.25) is 0 Å². The van der Waals surface area contributed by atoms with Crippen molar-refractivity contribution in [1.82, 2.24) is 0 Å². The third-order valence-electron chi connectivity index (χ3n) is 2.99. The average Bonchev–Trinajstić information content (AvgIpc) is 2.50. The molecule has 0 heterocycles. The minimum atomic E-state index is -0.576. The molecule has 0 saturated heterocycles. The summed E-state index contributed by atoms with van der Waals surface area (Å²) in [5, 5.41) is 0. The molecule has 0 aliphatic rings. The third kappa shape index (κ3) is 12.8. The second-order valence-electron chi connectivity index (χ2n) is 5.46. The zero-order valence-corrected chi connectivity index (χ0v) is 14.8. The number of carbonyl (C=O) groups excluding carboxylic acids is 4. The molecule has 25 heavy (non-hydrogen) atoms. The summed E-state index contributed by atoms with van der Waals surface area (Å²) in [6.07, 6.45) is 2.61. The molecule has 0 saturated carbocycles. The first-order valence-corrected chi connectivity index (χ1v) is 7.99. The first kappa shape index (κ1) is 22.7. The van der Waals surface area contributed by atoms with Crippen molar-refractivity contribution in [3.63, 3.8) is 0 Å². The first-order chi connectivity index (χ1) is 11.8. The van der Waals surface area contributed by atoms with Crippen molar-refractivity contribution in [2.45, 2.75) is 51.7 Å². The Kier molecular flexibility index (Phi) is 11.9. The van der Waals surface area contributed by atoms with E-state index in [2.05, 4.69) is 13.2 Å². The average molecular weight is 354 g/mol. The largest absolute Gasteiger partial charge is 0.465 e. The van der Waals surface area contributed by atoms with Gasteiger partial charge in [-0.15, -0.1) is 13.2 Å². The Morgan fingerprint density at radius 3 is 1.44 bits per heavy atom. The summed E-state index contributed by atoms with van der Waals surface area (Å²) in [6, 6.07) is 0. The highest BCUT2D eigenvalue weighted by Gasteiger charge is 2.14. The van der Waals surface area contributed by atoms with E-state index >= 15 is 0 Å². The van der Waals surface area contributed by atoms with Gasteiger partial charge in [0.05, 0.1) is 25.4 Å². The molecule has 0 aromatic heterocycles. The first-order valence-electron chi connectivity index (χ1n) is 7.99. The van der Waals surface area contributed by atoms with E-state index in [0.717, 1.165) is 0 Å². The zero-order chi connectivity index (χ0) is 19.2. The van der Waals surface area contributed by atoms with Crippen LogP contribution in [0.15, 0.2) is 25.3 Å². The minimum Gasteiger partial charge on any atom is -0.465 e. The Labute approximate surface area is 148 Å². The molecule has 140 valence electrons. The Morgan fingerprint density at radius 1 is 0.800 bits per heavy atom. The Bertz CT molecular complexity index is 452. The summed E-state index contributed by atoms with van der Waals surface area (Å²) in [5.74, 6) is -1.67. The molecule has 0 aromatic carbocycles. The summed E-state index contributed by atoms with van der Waals surface area (Å²) < 4.78 is 15.6. The van der Waals surface area contributed by atoms with Gasteiger partial charge in [-0.25, -0.2) is 0 Å². The summed E-state index contributed by atoms with van der Waals surface area (Å²) in [5.41, 5.74) is 0. The maximum absolute atomic E-state index is 11.3. The van der Waals surface area contributed by atoms with Gasteiger partial charge in [0, 0.05) is 12.8 Å². The van der Waals surface area contributed by atoms with E-state index < -0.39 is 11.9 Å². The van der Waals surface area contributed by atoms with Gasteiger partial charge < -0.3 is 14.2 Å². The number of ketones is 2. The number of hydrogen-bond donors (Lipinski definition) is 0. The predicted octanol–water partition coefficient (Wildman–Crippen LogP) is 1.94. The number of hydrogen-bond acceptors (Lipinski definition) is 7. The lowest BCUT2D eigenvalue weighted by Gasteiger charge is -2.20. The van der Waals surface area contributed by atoms with Crippen LogP contribution in [0.2, 0.25) is 0 Å². The summed E-state index contributed by atoms with van der Waals surface area (Å²) in [4.78, 5) is 44.2. The van der Waals surface area contributed by atoms with Crippen molar-refractivity contribution in [3.8, 4) is 0 Å². The van der Waals surface area contributed by atoms with Crippen LogP contribution in [0.4, 0.5) is 0 Å². The molecule has 0 aromatic rings. The van der Waals surface area contributed by atoms with Crippen LogP contribution in [0.1, 0.15) is 39.5 Å². The van der Waals surface area contributed by atoms with E-state index in [4.69, 9.17) is 14.2 Å². The van der Waals surface area contributed by atoms with Crippen molar-refractivity contribution in [3.05, 3.63) is 25.3 Å². The van der Waals surface area contributed by atoms with Gasteiger partial charge in [0.1, 0.15) is 24.4 Å². The lowest BCUT2D eigenvalue weighted by atomic mass is 10.2. The molecule has 0 radical (unpaired) electrons. The topological polar surface area (TPSA) is 96.0 Å². The van der Waals surface area contributed by atoms with E-state index in [-0.39, 0.29) is 49.8 Å². The van der Waals surface area contributed by atoms with Crippen LogP contribution >= 0.6 is 0 Å². The maximum atomic E-state index is 11.3. The molecule has 0 rings (SSSR count). The fourth-order valence-electron chi connectivity index (χ4n) is 1.79. The number of rotatable bonds is 14. The molecule has 7 nitrogen and oxygen atoms in total. The Balaban J connectivity index is 4.15. The molecular formula is C18H26O7. The van der Waals surface area contributed by atoms with Gasteiger partial charge in [-0.05, 0) is 13.8 Å². The van der Waals surface area contributed by atoms with Crippen LogP contribution < -0.4 is 0 Å². The number of esters is 2. The second kappa shape index (κ2) is 13.1.